The number of phenols is 1. The van der Waals surface area contributed by atoms with E-state index in [1.807, 2.05) is 6.92 Å². The van der Waals surface area contributed by atoms with Gasteiger partial charge in [-0.3, -0.25) is 14.9 Å². The van der Waals surface area contributed by atoms with Crippen LogP contribution in [0.15, 0.2) is 101 Å². The number of aliphatic hydroxyl groups is 2. The van der Waals surface area contributed by atoms with Crippen LogP contribution in [-0.2, 0) is 31.0 Å². The summed E-state index contributed by atoms with van der Waals surface area (Å²) in [5.41, 5.74) is 2.98. The van der Waals surface area contributed by atoms with E-state index in [0.29, 0.717) is 54.8 Å². The number of oxime groups is 1. The highest BCUT2D eigenvalue weighted by Gasteiger charge is 2.66. The number of nitro benzene ring substituents is 1. The largest absolute Gasteiger partial charge is 0.508 e. The number of benzene rings is 3. The van der Waals surface area contributed by atoms with E-state index >= 15 is 8.42 Å². The average Bonchev–Trinajstić information content (AvgIpc) is 3.24. The molecule has 0 spiro atoms. The topological polar surface area (TPSA) is 210 Å². The lowest BCUT2D eigenvalue weighted by Gasteiger charge is -2.59. The number of nitro groups is 1. The Morgan fingerprint density at radius 1 is 1.07 bits per heavy atom. The third kappa shape index (κ3) is 9.84. The zero-order valence-corrected chi connectivity index (χ0v) is 35.5. The maximum Gasteiger partial charge on any atom is 0.269 e. The molecule has 1 heterocycles. The summed E-state index contributed by atoms with van der Waals surface area (Å²) in [4.78, 5) is 28.7. The van der Waals surface area contributed by atoms with Gasteiger partial charge in [0.2, 0.25) is 21.7 Å². The summed E-state index contributed by atoms with van der Waals surface area (Å²) in [6, 6.07) is 15.8. The first-order valence-electron chi connectivity index (χ1n) is 20.9. The minimum atomic E-state index is -4.31. The van der Waals surface area contributed by atoms with E-state index in [4.69, 9.17) is 19.5 Å². The lowest BCUT2D eigenvalue weighted by Crippen LogP contribution is -2.70. The molecular weight excluding hydrogens is 805 g/mol. The molecule has 3 aliphatic rings. The van der Waals surface area contributed by atoms with E-state index in [-0.39, 0.29) is 73.5 Å². The van der Waals surface area contributed by atoms with Gasteiger partial charge in [0, 0.05) is 62.4 Å². The summed E-state index contributed by atoms with van der Waals surface area (Å²) in [6.07, 6.45) is 8.21. The number of aromatic hydroxyl groups is 1. The molecule has 4 N–H and O–H groups in total. The van der Waals surface area contributed by atoms with Gasteiger partial charge in [-0.25, -0.2) is 8.42 Å². The number of non-ortho nitro benzene ring substituents is 1. The van der Waals surface area contributed by atoms with E-state index < -0.39 is 38.6 Å². The second kappa shape index (κ2) is 20.2. The highest BCUT2D eigenvalue weighted by atomic mass is 32.2. The Kier molecular flexibility index (Phi) is 15.0. The van der Waals surface area contributed by atoms with Crippen LogP contribution in [0.1, 0.15) is 82.3 Å². The molecule has 2 aliphatic carbocycles. The van der Waals surface area contributed by atoms with E-state index in [1.165, 1.54) is 53.7 Å². The fourth-order valence-electron chi connectivity index (χ4n) is 9.24. The minimum absolute atomic E-state index is 0.00161. The van der Waals surface area contributed by atoms with Gasteiger partial charge >= 0.3 is 0 Å². The molecule has 3 aromatic rings. The number of nitrogens with one attached hydrogen (secondary N) is 1. The number of nitrogens with zero attached hydrogens (tertiary/aromatic N) is 3. The number of carbonyl (C=O) groups excluding carboxylic acids is 1. The number of aliphatic hydroxyl groups excluding tert-OH is 2. The first-order chi connectivity index (χ1) is 29.4. The Morgan fingerprint density at radius 3 is 2.41 bits per heavy atom. The molecule has 6 unspecified atom stereocenters. The maximum atomic E-state index is 15.1. The van der Waals surface area contributed by atoms with Crippen molar-refractivity contribution in [3.8, 4) is 11.5 Å². The minimum Gasteiger partial charge on any atom is -0.508 e. The number of allylic oxidation sites excluding steroid dienone is 1. The number of phenolic OH excluding ortho intramolecular Hbond substituents is 1. The Hall–Kier alpha value is -5.13. The molecule has 15 nitrogen and oxygen atoms in total. The van der Waals surface area contributed by atoms with Crippen LogP contribution in [0.3, 0.4) is 0 Å². The quantitative estimate of drug-likeness (QED) is 0.0364. The lowest BCUT2D eigenvalue weighted by molar-refractivity contribution is -0.384. The van der Waals surface area contributed by atoms with Crippen LogP contribution in [0, 0.1) is 27.9 Å². The number of carbonyl (C=O) groups is 1. The fraction of sp³-hybridized carbons (Fsp3) is 0.467. The van der Waals surface area contributed by atoms with Crippen molar-refractivity contribution in [1.82, 2.24) is 4.31 Å². The van der Waals surface area contributed by atoms with Crippen molar-refractivity contribution >= 4 is 33.0 Å². The number of anilines is 1. The van der Waals surface area contributed by atoms with Gasteiger partial charge in [-0.05, 0) is 110 Å². The monoisotopic (exact) mass is 860 g/mol. The van der Waals surface area contributed by atoms with Gasteiger partial charge in [-0.2, -0.15) is 4.31 Å². The number of amides is 1. The summed E-state index contributed by atoms with van der Waals surface area (Å²) >= 11 is 0. The highest BCUT2D eigenvalue weighted by molar-refractivity contribution is 7.89. The van der Waals surface area contributed by atoms with Crippen LogP contribution >= 0.6 is 0 Å². The van der Waals surface area contributed by atoms with Crippen LogP contribution in [-0.4, -0.2) is 82.8 Å². The van der Waals surface area contributed by atoms with Gasteiger partial charge < -0.3 is 34.9 Å². The summed E-state index contributed by atoms with van der Waals surface area (Å²) in [6.45, 7) is 7.30. The molecule has 6 atom stereocenters. The van der Waals surface area contributed by atoms with Gasteiger partial charge in [-0.1, -0.05) is 37.1 Å². The van der Waals surface area contributed by atoms with E-state index in [0.717, 1.165) is 24.0 Å². The first-order valence-corrected chi connectivity index (χ1v) is 22.3. The number of rotatable bonds is 21. The molecule has 1 saturated carbocycles. The molecule has 61 heavy (non-hydrogen) atoms. The third-order valence-electron chi connectivity index (χ3n) is 11.8. The second-order valence-electron chi connectivity index (χ2n) is 15.8. The predicted octanol–water partition coefficient (Wildman–Crippen LogP) is 7.19. The molecule has 16 heteroatoms. The van der Waals surface area contributed by atoms with Gasteiger partial charge in [0.1, 0.15) is 18.1 Å². The van der Waals surface area contributed by atoms with Gasteiger partial charge in [0.05, 0.1) is 34.1 Å². The van der Waals surface area contributed by atoms with Crippen LogP contribution in [0.4, 0.5) is 11.4 Å². The first kappa shape index (κ1) is 45.4. The lowest BCUT2D eigenvalue weighted by atomic mass is 9.55. The molecule has 6 rings (SSSR count). The molecule has 1 fully saturated rings. The fourth-order valence-corrected chi connectivity index (χ4v) is 11.0. The number of hydrogen-bond donors (Lipinski definition) is 4. The standard InChI is InChI=1S/C45H56N4O11S/c1-4-22-48(61(56,57)36-19-14-33(15-20-36)46-30(3)52)42-28-40(47-59-29-31-12-16-34(17-13-31)49(54)55)38-26-32(10-6-8-23-50)37(11-7-9-24-51)43-39-27-35(53)18-21-41(39)60-45(42,44(38)43)58-25-5-2/h5,12-21,26-27,32,37,42-44,50-51,53H,2,4,6-11,22-25,28-29H2,1,3H3,(H,46,52). The van der Waals surface area contributed by atoms with Gasteiger partial charge in [-0.15, -0.1) is 6.58 Å². The van der Waals surface area contributed by atoms with E-state index in [1.54, 1.807) is 30.3 Å². The molecule has 0 saturated heterocycles. The number of fused-ring (bicyclic) bond motifs is 2. The smallest absolute Gasteiger partial charge is 0.269 e. The molecule has 1 aliphatic heterocycles. The zero-order valence-electron chi connectivity index (χ0n) is 34.6. The maximum absolute atomic E-state index is 15.1. The summed E-state index contributed by atoms with van der Waals surface area (Å²) < 4.78 is 45.6. The molecule has 0 aromatic heterocycles. The van der Waals surface area contributed by atoms with Gasteiger partial charge in [0.25, 0.3) is 5.69 Å². The van der Waals surface area contributed by atoms with Crippen LogP contribution in [0.2, 0.25) is 0 Å². The van der Waals surface area contributed by atoms with Crippen molar-refractivity contribution in [2.75, 3.05) is 31.7 Å². The second-order valence-corrected chi connectivity index (χ2v) is 17.7. The molecular formula is C45H56N4O11S. The Labute approximate surface area is 356 Å². The Morgan fingerprint density at radius 2 is 1.77 bits per heavy atom. The zero-order chi connectivity index (χ0) is 43.7. The Bertz CT molecular complexity index is 2200. The number of ether oxygens (including phenoxy) is 2. The number of hydrogen-bond acceptors (Lipinski definition) is 12. The van der Waals surface area contributed by atoms with Gasteiger partial charge in [0.15, 0.2) is 0 Å². The van der Waals surface area contributed by atoms with Crippen molar-refractivity contribution < 1.29 is 47.8 Å². The molecule has 1 amide bonds. The molecule has 0 radical (unpaired) electrons. The SMILES string of the molecule is C=CCOC12Oc3ccc(O)cc3C3C(CCCCO)C(CCCCO)C=C(C(=NOCc4ccc([N+](=O)[O-])cc4)CC1N(CCC)S(=O)(=O)c1ccc(NC(C)=O)cc1)C32. The average molecular weight is 861 g/mol. The Balaban J connectivity index is 1.57. The van der Waals surface area contributed by atoms with E-state index in [2.05, 4.69) is 18.0 Å². The van der Waals surface area contributed by atoms with Crippen molar-refractivity contribution in [2.45, 2.75) is 94.5 Å². The van der Waals surface area contributed by atoms with Crippen LogP contribution in [0.25, 0.3) is 0 Å². The highest BCUT2D eigenvalue weighted by Crippen LogP contribution is 2.62. The molecule has 328 valence electrons. The number of sulfonamides is 1. The summed E-state index contributed by atoms with van der Waals surface area (Å²) in [5.74, 6) is -2.71. The van der Waals surface area contributed by atoms with Crippen LogP contribution < -0.4 is 10.1 Å². The van der Waals surface area contributed by atoms with Crippen molar-refractivity contribution in [1.29, 1.82) is 0 Å². The number of unbranched alkanes of at least 4 members (excludes halogenated alkanes) is 2. The van der Waals surface area contributed by atoms with Crippen molar-refractivity contribution in [2.24, 2.45) is 22.9 Å². The summed E-state index contributed by atoms with van der Waals surface area (Å²) in [5, 5.41) is 49.4. The van der Waals surface area contributed by atoms with Crippen molar-refractivity contribution in [3.05, 3.63) is 112 Å². The van der Waals surface area contributed by atoms with Crippen LogP contribution in [0.5, 0.6) is 11.5 Å². The molecule has 3 aromatic carbocycles. The van der Waals surface area contributed by atoms with E-state index in [9.17, 15) is 30.2 Å². The third-order valence-corrected chi connectivity index (χ3v) is 13.7. The predicted molar refractivity (Wildman–Crippen MR) is 229 cm³/mol. The van der Waals surface area contributed by atoms with Crippen molar-refractivity contribution in [3.63, 3.8) is 0 Å². The normalized spacial score (nSPS) is 23.7. The summed E-state index contributed by atoms with van der Waals surface area (Å²) in [7, 11) is -4.31. The molecule has 0 bridgehead atoms.